The SMILES string of the molecule is CC(C)Cc1cccc(CC(C)Cc2ccccc2Cl)c1. The van der Waals surface area contributed by atoms with Crippen molar-refractivity contribution < 1.29 is 0 Å². The summed E-state index contributed by atoms with van der Waals surface area (Å²) in [5.41, 5.74) is 4.14. The largest absolute Gasteiger partial charge is 0.0840 e. The topological polar surface area (TPSA) is 0 Å². The number of halogens is 1. The van der Waals surface area contributed by atoms with Gasteiger partial charge in [0, 0.05) is 5.02 Å². The van der Waals surface area contributed by atoms with Crippen LogP contribution >= 0.6 is 11.6 Å². The smallest absolute Gasteiger partial charge is 0.0438 e. The van der Waals surface area contributed by atoms with Crippen LogP contribution < -0.4 is 0 Å². The van der Waals surface area contributed by atoms with Crippen molar-refractivity contribution in [3.8, 4) is 0 Å². The van der Waals surface area contributed by atoms with E-state index in [0.29, 0.717) is 11.8 Å². The van der Waals surface area contributed by atoms with Gasteiger partial charge in [-0.2, -0.15) is 0 Å². The summed E-state index contributed by atoms with van der Waals surface area (Å²) in [5.74, 6) is 1.31. The fourth-order valence-corrected chi connectivity index (χ4v) is 3.08. The summed E-state index contributed by atoms with van der Waals surface area (Å²) in [5, 5.41) is 0.887. The maximum atomic E-state index is 6.25. The van der Waals surface area contributed by atoms with E-state index in [1.165, 1.54) is 16.7 Å². The first kappa shape index (κ1) is 16.1. The average molecular weight is 301 g/mol. The van der Waals surface area contributed by atoms with Crippen molar-refractivity contribution in [2.75, 3.05) is 0 Å². The van der Waals surface area contributed by atoms with Crippen molar-refractivity contribution in [2.24, 2.45) is 11.8 Å². The molecule has 2 rings (SSSR count). The summed E-state index contributed by atoms with van der Waals surface area (Å²) in [6.45, 7) is 6.85. The zero-order valence-corrected chi connectivity index (χ0v) is 14.0. The number of rotatable bonds is 6. The van der Waals surface area contributed by atoms with Gasteiger partial charge in [0.05, 0.1) is 0 Å². The quantitative estimate of drug-likeness (QED) is 0.617. The third kappa shape index (κ3) is 5.21. The van der Waals surface area contributed by atoms with Crippen LogP contribution in [0.25, 0.3) is 0 Å². The lowest BCUT2D eigenvalue weighted by Crippen LogP contribution is -2.05. The number of hydrogen-bond acceptors (Lipinski definition) is 0. The zero-order valence-electron chi connectivity index (χ0n) is 13.3. The molecule has 0 aliphatic heterocycles. The first-order valence-corrected chi connectivity index (χ1v) is 8.23. The van der Waals surface area contributed by atoms with Gasteiger partial charge in [-0.15, -0.1) is 0 Å². The molecule has 1 unspecified atom stereocenters. The molecule has 21 heavy (non-hydrogen) atoms. The molecule has 0 aliphatic carbocycles. The lowest BCUT2D eigenvalue weighted by molar-refractivity contribution is 0.576. The van der Waals surface area contributed by atoms with Crippen molar-refractivity contribution in [3.05, 3.63) is 70.2 Å². The van der Waals surface area contributed by atoms with Gasteiger partial charge in [0.15, 0.2) is 0 Å². The highest BCUT2D eigenvalue weighted by Crippen LogP contribution is 2.21. The molecule has 1 heteroatoms. The second-order valence-corrected chi connectivity index (χ2v) is 6.93. The first-order chi connectivity index (χ1) is 10.0. The minimum atomic E-state index is 0.596. The summed E-state index contributed by atoms with van der Waals surface area (Å²) in [4.78, 5) is 0. The molecule has 112 valence electrons. The van der Waals surface area contributed by atoms with Crippen molar-refractivity contribution in [2.45, 2.75) is 40.0 Å². The Labute approximate surface area is 134 Å². The van der Waals surface area contributed by atoms with E-state index >= 15 is 0 Å². The predicted octanol–water partition coefficient (Wildman–Crippen LogP) is 5.96. The Morgan fingerprint density at radius 1 is 0.810 bits per heavy atom. The van der Waals surface area contributed by atoms with Crippen LogP contribution in [0.5, 0.6) is 0 Å². The van der Waals surface area contributed by atoms with Crippen LogP contribution in [0.1, 0.15) is 37.5 Å². The number of benzene rings is 2. The molecule has 0 fully saturated rings. The van der Waals surface area contributed by atoms with E-state index in [-0.39, 0.29) is 0 Å². The van der Waals surface area contributed by atoms with Crippen LogP contribution in [-0.4, -0.2) is 0 Å². The molecular formula is C20H25Cl. The van der Waals surface area contributed by atoms with Crippen LogP contribution in [0.3, 0.4) is 0 Å². The van der Waals surface area contributed by atoms with Crippen LogP contribution in [0, 0.1) is 11.8 Å². The Bertz CT molecular complexity index is 572. The fourth-order valence-electron chi connectivity index (χ4n) is 2.87. The molecule has 1 atom stereocenters. The maximum absolute atomic E-state index is 6.25. The van der Waals surface area contributed by atoms with Gasteiger partial charge in [-0.1, -0.05) is 74.8 Å². The van der Waals surface area contributed by atoms with Gasteiger partial charge >= 0.3 is 0 Å². The van der Waals surface area contributed by atoms with Gasteiger partial charge in [-0.3, -0.25) is 0 Å². The Morgan fingerprint density at radius 3 is 2.14 bits per heavy atom. The van der Waals surface area contributed by atoms with Gasteiger partial charge < -0.3 is 0 Å². The minimum Gasteiger partial charge on any atom is -0.0840 e. The Morgan fingerprint density at radius 2 is 1.48 bits per heavy atom. The third-order valence-electron chi connectivity index (χ3n) is 3.75. The van der Waals surface area contributed by atoms with Gasteiger partial charge in [0.25, 0.3) is 0 Å². The standard InChI is InChI=1S/C20H25Cl/c1-15(2)11-17-7-6-8-18(14-17)12-16(3)13-19-9-4-5-10-20(19)21/h4-10,14-16H,11-13H2,1-3H3. The van der Waals surface area contributed by atoms with Crippen LogP contribution in [0.4, 0.5) is 0 Å². The van der Waals surface area contributed by atoms with Gasteiger partial charge in [-0.05, 0) is 53.9 Å². The molecule has 0 saturated heterocycles. The molecular weight excluding hydrogens is 276 g/mol. The summed E-state index contributed by atoms with van der Waals surface area (Å²) >= 11 is 6.25. The molecule has 0 radical (unpaired) electrons. The molecule has 0 heterocycles. The molecule has 0 bridgehead atoms. The van der Waals surface area contributed by atoms with E-state index < -0.39 is 0 Å². The average Bonchev–Trinajstić information content (AvgIpc) is 2.41. The lowest BCUT2D eigenvalue weighted by Gasteiger charge is -2.14. The van der Waals surface area contributed by atoms with E-state index in [1.54, 1.807) is 0 Å². The summed E-state index contributed by atoms with van der Waals surface area (Å²) in [6.07, 6.45) is 3.30. The second-order valence-electron chi connectivity index (χ2n) is 6.52. The third-order valence-corrected chi connectivity index (χ3v) is 4.11. The van der Waals surface area contributed by atoms with E-state index in [2.05, 4.69) is 57.2 Å². The molecule has 0 nitrogen and oxygen atoms in total. The van der Waals surface area contributed by atoms with E-state index in [9.17, 15) is 0 Å². The highest BCUT2D eigenvalue weighted by Gasteiger charge is 2.08. The Hall–Kier alpha value is -1.27. The van der Waals surface area contributed by atoms with E-state index in [4.69, 9.17) is 11.6 Å². The highest BCUT2D eigenvalue weighted by molar-refractivity contribution is 6.31. The molecule has 0 spiro atoms. The number of hydrogen-bond donors (Lipinski definition) is 0. The summed E-state index contributed by atoms with van der Waals surface area (Å²) < 4.78 is 0. The van der Waals surface area contributed by atoms with Gasteiger partial charge in [0.2, 0.25) is 0 Å². The predicted molar refractivity (Wildman–Crippen MR) is 93.0 cm³/mol. The van der Waals surface area contributed by atoms with Crippen molar-refractivity contribution in [3.63, 3.8) is 0 Å². The van der Waals surface area contributed by atoms with Crippen LogP contribution in [-0.2, 0) is 19.3 Å². The first-order valence-electron chi connectivity index (χ1n) is 7.86. The summed E-state index contributed by atoms with van der Waals surface area (Å²) in [7, 11) is 0. The molecule has 0 aromatic heterocycles. The molecule has 2 aromatic rings. The Balaban J connectivity index is 1.99. The molecule has 2 aromatic carbocycles. The highest BCUT2D eigenvalue weighted by atomic mass is 35.5. The second kappa shape index (κ2) is 7.66. The molecule has 0 aliphatic rings. The zero-order chi connectivity index (χ0) is 15.2. The van der Waals surface area contributed by atoms with Crippen molar-refractivity contribution in [1.29, 1.82) is 0 Å². The molecule has 0 N–H and O–H groups in total. The lowest BCUT2D eigenvalue weighted by atomic mass is 9.92. The summed E-state index contributed by atoms with van der Waals surface area (Å²) in [6, 6.07) is 17.2. The normalized spacial score (nSPS) is 12.6. The monoisotopic (exact) mass is 300 g/mol. The van der Waals surface area contributed by atoms with Crippen molar-refractivity contribution in [1.82, 2.24) is 0 Å². The van der Waals surface area contributed by atoms with E-state index in [0.717, 1.165) is 24.3 Å². The van der Waals surface area contributed by atoms with Crippen LogP contribution in [0.15, 0.2) is 48.5 Å². The van der Waals surface area contributed by atoms with E-state index in [1.807, 2.05) is 12.1 Å². The van der Waals surface area contributed by atoms with Crippen LogP contribution in [0.2, 0.25) is 5.02 Å². The van der Waals surface area contributed by atoms with Crippen molar-refractivity contribution >= 4 is 11.6 Å². The fraction of sp³-hybridized carbons (Fsp3) is 0.400. The maximum Gasteiger partial charge on any atom is 0.0438 e. The molecule has 0 saturated carbocycles. The molecule has 0 amide bonds. The Kier molecular flexibility index (Phi) is 5.87. The minimum absolute atomic E-state index is 0.596. The van der Waals surface area contributed by atoms with Gasteiger partial charge in [-0.25, -0.2) is 0 Å². The van der Waals surface area contributed by atoms with Gasteiger partial charge in [0.1, 0.15) is 0 Å².